The molecule has 0 fully saturated rings. The monoisotopic (exact) mass is 294 g/mol. The minimum absolute atomic E-state index is 0.0691. The quantitative estimate of drug-likeness (QED) is 0.918. The lowest BCUT2D eigenvalue weighted by molar-refractivity contribution is -0.135. The van der Waals surface area contributed by atoms with E-state index >= 15 is 0 Å². The van der Waals surface area contributed by atoms with Crippen LogP contribution in [0.15, 0.2) is 28.2 Å². The standard InChI is InChI=1S/C14H18N2O3S/c1-14(2,9-17)16(3)12(18)7-10-8-20-13(15-10)11-5-4-6-19-11/h4-6,8,17H,7,9H2,1-3H3. The van der Waals surface area contributed by atoms with Crippen molar-refractivity contribution < 1.29 is 14.3 Å². The molecule has 0 saturated carbocycles. The zero-order chi connectivity index (χ0) is 14.8. The first-order chi connectivity index (χ1) is 9.44. The molecule has 0 aromatic carbocycles. The normalized spacial score (nSPS) is 11.6. The van der Waals surface area contributed by atoms with E-state index in [1.807, 2.05) is 25.3 Å². The Labute approximate surface area is 121 Å². The van der Waals surface area contributed by atoms with Gasteiger partial charge in [-0.05, 0) is 26.0 Å². The molecule has 0 radical (unpaired) electrons. The molecule has 2 heterocycles. The van der Waals surface area contributed by atoms with Gasteiger partial charge in [-0.2, -0.15) is 0 Å². The molecule has 20 heavy (non-hydrogen) atoms. The van der Waals surface area contributed by atoms with Crippen molar-refractivity contribution in [3.05, 3.63) is 29.5 Å². The predicted octanol–water partition coefficient (Wildman–Crippen LogP) is 2.17. The summed E-state index contributed by atoms with van der Waals surface area (Å²) in [5.74, 6) is 0.637. The molecule has 6 heteroatoms. The SMILES string of the molecule is CN(C(=O)Cc1csc(-c2ccco2)n1)C(C)(C)CO. The second kappa shape index (κ2) is 5.76. The lowest BCUT2D eigenvalue weighted by Crippen LogP contribution is -2.48. The second-order valence-corrected chi connectivity index (χ2v) is 6.08. The number of carbonyl (C=O) groups excluding carboxylic acids is 1. The Morgan fingerprint density at radius 1 is 1.55 bits per heavy atom. The van der Waals surface area contributed by atoms with Gasteiger partial charge in [0.15, 0.2) is 10.8 Å². The number of aliphatic hydroxyl groups excluding tert-OH is 1. The maximum atomic E-state index is 12.2. The number of hydrogen-bond donors (Lipinski definition) is 1. The van der Waals surface area contributed by atoms with Crippen molar-refractivity contribution in [2.75, 3.05) is 13.7 Å². The van der Waals surface area contributed by atoms with Crippen LogP contribution in [0, 0.1) is 0 Å². The number of nitrogens with zero attached hydrogens (tertiary/aromatic N) is 2. The van der Waals surface area contributed by atoms with E-state index in [4.69, 9.17) is 4.42 Å². The molecule has 2 aromatic heterocycles. The van der Waals surface area contributed by atoms with Crippen LogP contribution in [0.1, 0.15) is 19.5 Å². The number of thiazole rings is 1. The van der Waals surface area contributed by atoms with Gasteiger partial charge in [0.05, 0.1) is 30.5 Å². The summed E-state index contributed by atoms with van der Waals surface area (Å²) in [6, 6.07) is 3.64. The highest BCUT2D eigenvalue weighted by Gasteiger charge is 2.27. The van der Waals surface area contributed by atoms with Gasteiger partial charge in [0.2, 0.25) is 5.91 Å². The molecule has 0 spiro atoms. The molecule has 1 N–H and O–H groups in total. The van der Waals surface area contributed by atoms with Crippen molar-refractivity contribution in [2.24, 2.45) is 0 Å². The molecule has 0 aliphatic heterocycles. The largest absolute Gasteiger partial charge is 0.462 e. The van der Waals surface area contributed by atoms with Crippen molar-refractivity contribution in [3.8, 4) is 10.8 Å². The third-order valence-corrected chi connectivity index (χ3v) is 4.19. The number of aliphatic hydroxyl groups is 1. The summed E-state index contributed by atoms with van der Waals surface area (Å²) in [5.41, 5.74) is 0.142. The minimum atomic E-state index is -0.572. The fourth-order valence-corrected chi connectivity index (χ4v) is 2.40. The fourth-order valence-electron chi connectivity index (χ4n) is 1.62. The van der Waals surface area contributed by atoms with Gasteiger partial charge in [-0.25, -0.2) is 4.98 Å². The zero-order valence-electron chi connectivity index (χ0n) is 11.8. The summed E-state index contributed by atoms with van der Waals surface area (Å²) in [5, 5.41) is 11.9. The summed E-state index contributed by atoms with van der Waals surface area (Å²) in [6.45, 7) is 3.56. The number of carbonyl (C=O) groups is 1. The van der Waals surface area contributed by atoms with Crippen molar-refractivity contribution >= 4 is 17.2 Å². The van der Waals surface area contributed by atoms with E-state index in [9.17, 15) is 9.90 Å². The highest BCUT2D eigenvalue weighted by atomic mass is 32.1. The van der Waals surface area contributed by atoms with Crippen LogP contribution >= 0.6 is 11.3 Å². The van der Waals surface area contributed by atoms with Gasteiger partial charge in [0.1, 0.15) is 0 Å². The molecular weight excluding hydrogens is 276 g/mol. The summed E-state index contributed by atoms with van der Waals surface area (Å²) in [6.07, 6.45) is 1.82. The van der Waals surface area contributed by atoms with Crippen LogP contribution in [0.25, 0.3) is 10.8 Å². The first kappa shape index (κ1) is 14.7. The maximum Gasteiger partial charge on any atom is 0.228 e. The number of hydrogen-bond acceptors (Lipinski definition) is 5. The highest BCUT2D eigenvalue weighted by molar-refractivity contribution is 7.13. The van der Waals surface area contributed by atoms with Gasteiger partial charge in [0.25, 0.3) is 0 Å². The summed E-state index contributed by atoms with van der Waals surface area (Å²) in [4.78, 5) is 18.1. The Morgan fingerprint density at radius 2 is 2.30 bits per heavy atom. The van der Waals surface area contributed by atoms with Crippen LogP contribution < -0.4 is 0 Å². The molecule has 108 valence electrons. The molecule has 0 saturated heterocycles. The predicted molar refractivity (Wildman–Crippen MR) is 77.5 cm³/mol. The molecule has 0 aliphatic rings. The van der Waals surface area contributed by atoms with Crippen molar-refractivity contribution in [3.63, 3.8) is 0 Å². The van der Waals surface area contributed by atoms with Gasteiger partial charge in [-0.1, -0.05) is 0 Å². The van der Waals surface area contributed by atoms with Crippen molar-refractivity contribution in [2.45, 2.75) is 25.8 Å². The third-order valence-electron chi connectivity index (χ3n) is 3.29. The average Bonchev–Trinajstić information content (AvgIpc) is 3.07. The number of aromatic nitrogens is 1. The summed E-state index contributed by atoms with van der Waals surface area (Å²) in [7, 11) is 1.69. The summed E-state index contributed by atoms with van der Waals surface area (Å²) < 4.78 is 5.28. The average molecular weight is 294 g/mol. The van der Waals surface area contributed by atoms with E-state index in [2.05, 4.69) is 4.98 Å². The van der Waals surface area contributed by atoms with Gasteiger partial charge in [0, 0.05) is 12.4 Å². The Kier molecular flexibility index (Phi) is 4.25. The van der Waals surface area contributed by atoms with Crippen molar-refractivity contribution in [1.29, 1.82) is 0 Å². The lowest BCUT2D eigenvalue weighted by atomic mass is 10.0. The molecule has 0 bridgehead atoms. The Hall–Kier alpha value is -1.66. The van der Waals surface area contributed by atoms with Crippen LogP contribution in [-0.2, 0) is 11.2 Å². The Bertz CT molecular complexity index is 575. The van der Waals surface area contributed by atoms with Crippen LogP contribution in [-0.4, -0.2) is 40.1 Å². The van der Waals surface area contributed by atoms with E-state index in [1.54, 1.807) is 24.3 Å². The van der Waals surface area contributed by atoms with Crippen molar-refractivity contribution in [1.82, 2.24) is 9.88 Å². The minimum Gasteiger partial charge on any atom is -0.462 e. The zero-order valence-corrected chi connectivity index (χ0v) is 12.6. The lowest BCUT2D eigenvalue weighted by Gasteiger charge is -2.33. The third kappa shape index (κ3) is 3.08. The molecule has 5 nitrogen and oxygen atoms in total. The van der Waals surface area contributed by atoms with Crippen LogP contribution in [0.3, 0.4) is 0 Å². The van der Waals surface area contributed by atoms with Crippen LogP contribution in [0.4, 0.5) is 0 Å². The van der Waals surface area contributed by atoms with Crippen LogP contribution in [0.5, 0.6) is 0 Å². The topological polar surface area (TPSA) is 66.6 Å². The second-order valence-electron chi connectivity index (χ2n) is 5.22. The highest BCUT2D eigenvalue weighted by Crippen LogP contribution is 2.24. The Morgan fingerprint density at radius 3 is 2.90 bits per heavy atom. The van der Waals surface area contributed by atoms with E-state index < -0.39 is 5.54 Å². The fraction of sp³-hybridized carbons (Fsp3) is 0.429. The van der Waals surface area contributed by atoms with E-state index in [1.165, 1.54) is 11.3 Å². The van der Waals surface area contributed by atoms with E-state index in [0.717, 1.165) is 5.01 Å². The molecule has 2 rings (SSSR count). The summed E-state index contributed by atoms with van der Waals surface area (Å²) >= 11 is 1.45. The first-order valence-electron chi connectivity index (χ1n) is 6.30. The number of likely N-dealkylation sites (N-methyl/N-ethyl adjacent to an activating group) is 1. The maximum absolute atomic E-state index is 12.2. The molecular formula is C14H18N2O3S. The van der Waals surface area contributed by atoms with Gasteiger partial charge < -0.3 is 14.4 Å². The Balaban J connectivity index is 2.06. The van der Waals surface area contributed by atoms with E-state index in [-0.39, 0.29) is 18.9 Å². The van der Waals surface area contributed by atoms with E-state index in [0.29, 0.717) is 11.5 Å². The molecule has 0 aliphatic carbocycles. The number of furan rings is 1. The number of amides is 1. The van der Waals surface area contributed by atoms with Crippen LogP contribution in [0.2, 0.25) is 0 Å². The number of rotatable bonds is 5. The molecule has 1 amide bonds. The van der Waals surface area contributed by atoms with Gasteiger partial charge >= 0.3 is 0 Å². The van der Waals surface area contributed by atoms with Gasteiger partial charge in [-0.3, -0.25) is 4.79 Å². The smallest absolute Gasteiger partial charge is 0.228 e. The molecule has 0 unspecified atom stereocenters. The molecule has 2 aromatic rings. The first-order valence-corrected chi connectivity index (χ1v) is 7.18. The molecule has 0 atom stereocenters. The van der Waals surface area contributed by atoms with Gasteiger partial charge in [-0.15, -0.1) is 11.3 Å².